The van der Waals surface area contributed by atoms with Gasteiger partial charge < -0.3 is 9.88 Å². The van der Waals surface area contributed by atoms with Gasteiger partial charge in [0.15, 0.2) is 0 Å². The molecule has 17 heavy (non-hydrogen) atoms. The smallest absolute Gasteiger partial charge is 0.203 e. The third-order valence-corrected chi connectivity index (χ3v) is 2.48. The lowest BCUT2D eigenvalue weighted by molar-refractivity contribution is 0.700. The van der Waals surface area contributed by atoms with Gasteiger partial charge in [-0.2, -0.15) is 0 Å². The third-order valence-electron chi connectivity index (χ3n) is 2.48. The Morgan fingerprint density at radius 2 is 2.35 bits per heavy atom. The van der Waals surface area contributed by atoms with Gasteiger partial charge in [-0.1, -0.05) is 12.1 Å². The predicted octanol–water partition coefficient (Wildman–Crippen LogP) is 2.12. The summed E-state index contributed by atoms with van der Waals surface area (Å²) in [6.07, 6.45) is 10.2. The van der Waals surface area contributed by atoms with Crippen molar-refractivity contribution in [3.63, 3.8) is 0 Å². The number of hydrogen-bond acceptors (Lipinski definition) is 3. The summed E-state index contributed by atoms with van der Waals surface area (Å²) in [5, 5.41) is 3.20. The maximum Gasteiger partial charge on any atom is 0.203 e. The van der Waals surface area contributed by atoms with Crippen LogP contribution in [-0.2, 0) is 13.0 Å². The number of nitrogens with zero attached hydrogens (tertiary/aromatic N) is 3. The monoisotopic (exact) mass is 228 g/mol. The van der Waals surface area contributed by atoms with E-state index in [0.29, 0.717) is 0 Å². The highest BCUT2D eigenvalue weighted by atomic mass is 15.2. The Labute approximate surface area is 101 Å². The number of rotatable bonds is 6. The molecule has 2 heterocycles. The molecular weight excluding hydrogens is 212 g/mol. The van der Waals surface area contributed by atoms with Crippen LogP contribution in [0.25, 0.3) is 0 Å². The predicted molar refractivity (Wildman–Crippen MR) is 68.9 cm³/mol. The van der Waals surface area contributed by atoms with Crippen LogP contribution in [0.2, 0.25) is 0 Å². The largest absolute Gasteiger partial charge is 0.352 e. The van der Waals surface area contributed by atoms with Crippen LogP contribution < -0.4 is 5.32 Å². The van der Waals surface area contributed by atoms with Crippen molar-refractivity contribution in [2.24, 2.45) is 0 Å². The van der Waals surface area contributed by atoms with Crippen molar-refractivity contribution in [2.45, 2.75) is 13.0 Å². The van der Waals surface area contributed by atoms with E-state index in [1.807, 2.05) is 24.5 Å². The number of hydrogen-bond donors (Lipinski definition) is 1. The molecule has 88 valence electrons. The molecule has 0 aliphatic heterocycles. The molecule has 0 spiro atoms. The van der Waals surface area contributed by atoms with Crippen LogP contribution in [-0.4, -0.2) is 21.1 Å². The van der Waals surface area contributed by atoms with Gasteiger partial charge in [0.25, 0.3) is 0 Å². The molecule has 0 aliphatic carbocycles. The van der Waals surface area contributed by atoms with Crippen LogP contribution in [0.4, 0.5) is 5.95 Å². The van der Waals surface area contributed by atoms with E-state index in [1.165, 1.54) is 5.56 Å². The van der Waals surface area contributed by atoms with Gasteiger partial charge >= 0.3 is 0 Å². The molecule has 4 nitrogen and oxygen atoms in total. The summed E-state index contributed by atoms with van der Waals surface area (Å²) in [5.74, 6) is 0.883. The van der Waals surface area contributed by atoms with Gasteiger partial charge in [-0.3, -0.25) is 4.98 Å². The van der Waals surface area contributed by atoms with Crippen LogP contribution in [0.1, 0.15) is 5.56 Å². The summed E-state index contributed by atoms with van der Waals surface area (Å²) in [4.78, 5) is 8.36. The Bertz CT molecular complexity index is 461. The molecule has 2 rings (SSSR count). The lowest BCUT2D eigenvalue weighted by Crippen LogP contribution is -2.08. The van der Waals surface area contributed by atoms with E-state index in [2.05, 4.69) is 32.5 Å². The van der Waals surface area contributed by atoms with Gasteiger partial charge in [-0.05, 0) is 18.1 Å². The summed E-state index contributed by atoms with van der Waals surface area (Å²) < 4.78 is 2.09. The summed E-state index contributed by atoms with van der Waals surface area (Å²) in [7, 11) is 0. The maximum atomic E-state index is 4.25. The van der Waals surface area contributed by atoms with E-state index >= 15 is 0 Å². The average Bonchev–Trinajstić information content (AvgIpc) is 2.82. The third kappa shape index (κ3) is 3.17. The van der Waals surface area contributed by atoms with Gasteiger partial charge in [0, 0.05) is 37.9 Å². The lowest BCUT2D eigenvalue weighted by atomic mass is 10.2. The van der Waals surface area contributed by atoms with Gasteiger partial charge in [0.1, 0.15) is 0 Å². The molecule has 4 heteroatoms. The second-order valence-corrected chi connectivity index (χ2v) is 3.73. The van der Waals surface area contributed by atoms with Crippen molar-refractivity contribution < 1.29 is 0 Å². The summed E-state index contributed by atoms with van der Waals surface area (Å²) >= 11 is 0. The number of pyridine rings is 1. The van der Waals surface area contributed by atoms with Crippen LogP contribution in [0, 0.1) is 0 Å². The molecule has 2 aromatic heterocycles. The van der Waals surface area contributed by atoms with Gasteiger partial charge in [0.05, 0.1) is 0 Å². The normalized spacial score (nSPS) is 10.1. The fourth-order valence-electron chi connectivity index (χ4n) is 1.62. The second-order valence-electron chi connectivity index (χ2n) is 3.73. The summed E-state index contributed by atoms with van der Waals surface area (Å²) in [5.41, 5.74) is 1.23. The van der Waals surface area contributed by atoms with E-state index in [0.717, 1.165) is 25.5 Å². The number of aryl methyl sites for hydroxylation is 2. The average molecular weight is 228 g/mol. The van der Waals surface area contributed by atoms with Crippen molar-refractivity contribution in [1.82, 2.24) is 14.5 Å². The molecule has 0 saturated carbocycles. The molecule has 0 saturated heterocycles. The second kappa shape index (κ2) is 5.84. The number of aromatic nitrogens is 3. The molecule has 0 aliphatic rings. The first kappa shape index (κ1) is 11.4. The quantitative estimate of drug-likeness (QED) is 0.770. The fraction of sp³-hybridized carbons (Fsp3) is 0.231. The standard InChI is InChI=1S/C13H16N4/c1-2-6-15-13-16-8-10-17(13)9-5-12-4-3-7-14-11-12/h2-4,7-8,10-11H,1,5-6,9H2,(H,15,16). The van der Waals surface area contributed by atoms with Crippen LogP contribution in [0.15, 0.2) is 49.6 Å². The lowest BCUT2D eigenvalue weighted by Gasteiger charge is -2.08. The molecule has 2 aromatic rings. The molecule has 1 N–H and O–H groups in total. The van der Waals surface area contributed by atoms with Gasteiger partial charge in [-0.25, -0.2) is 4.98 Å². The Morgan fingerprint density at radius 3 is 3.12 bits per heavy atom. The highest BCUT2D eigenvalue weighted by Gasteiger charge is 2.01. The van der Waals surface area contributed by atoms with Gasteiger partial charge in [0.2, 0.25) is 5.95 Å². The SMILES string of the molecule is C=CCNc1nccn1CCc1cccnc1. The minimum atomic E-state index is 0.726. The zero-order valence-corrected chi connectivity index (χ0v) is 9.71. The molecular formula is C13H16N4. The molecule has 0 amide bonds. The molecule has 0 radical (unpaired) electrons. The molecule has 0 fully saturated rings. The Hall–Kier alpha value is -2.10. The molecule has 0 atom stereocenters. The zero-order chi connectivity index (χ0) is 11.9. The number of nitrogens with one attached hydrogen (secondary N) is 1. The number of imidazole rings is 1. The van der Waals surface area contributed by atoms with Crippen molar-refractivity contribution >= 4 is 5.95 Å². The van der Waals surface area contributed by atoms with E-state index in [-0.39, 0.29) is 0 Å². The van der Waals surface area contributed by atoms with Crippen molar-refractivity contribution in [3.05, 3.63) is 55.1 Å². The minimum Gasteiger partial charge on any atom is -0.352 e. The molecule has 0 aromatic carbocycles. The Balaban J connectivity index is 1.95. The molecule has 0 bridgehead atoms. The Kier molecular flexibility index (Phi) is 3.91. The molecule has 0 unspecified atom stereocenters. The van der Waals surface area contributed by atoms with Crippen LogP contribution in [0.3, 0.4) is 0 Å². The van der Waals surface area contributed by atoms with E-state index in [9.17, 15) is 0 Å². The zero-order valence-electron chi connectivity index (χ0n) is 9.71. The number of anilines is 1. The van der Waals surface area contributed by atoms with Crippen LogP contribution >= 0.6 is 0 Å². The first-order valence-electron chi connectivity index (χ1n) is 5.65. The first-order valence-corrected chi connectivity index (χ1v) is 5.65. The summed E-state index contributed by atoms with van der Waals surface area (Å²) in [6.45, 7) is 5.30. The van der Waals surface area contributed by atoms with E-state index < -0.39 is 0 Å². The van der Waals surface area contributed by atoms with Crippen LogP contribution in [0.5, 0.6) is 0 Å². The van der Waals surface area contributed by atoms with Crippen molar-refractivity contribution in [1.29, 1.82) is 0 Å². The van der Waals surface area contributed by atoms with Crippen molar-refractivity contribution in [3.8, 4) is 0 Å². The van der Waals surface area contributed by atoms with Crippen molar-refractivity contribution in [2.75, 3.05) is 11.9 Å². The Morgan fingerprint density at radius 1 is 1.41 bits per heavy atom. The highest BCUT2D eigenvalue weighted by molar-refractivity contribution is 5.27. The van der Waals surface area contributed by atoms with Gasteiger partial charge in [-0.15, -0.1) is 6.58 Å². The first-order chi connectivity index (χ1) is 8.40. The van der Waals surface area contributed by atoms with E-state index in [1.54, 1.807) is 12.4 Å². The highest BCUT2D eigenvalue weighted by Crippen LogP contribution is 2.06. The minimum absolute atomic E-state index is 0.726. The maximum absolute atomic E-state index is 4.25. The fourth-order valence-corrected chi connectivity index (χ4v) is 1.62. The van der Waals surface area contributed by atoms with E-state index in [4.69, 9.17) is 0 Å². The summed E-state index contributed by atoms with van der Waals surface area (Å²) in [6, 6.07) is 4.04. The topological polar surface area (TPSA) is 42.7 Å².